The summed E-state index contributed by atoms with van der Waals surface area (Å²) in [5.41, 5.74) is 0.179. The summed E-state index contributed by atoms with van der Waals surface area (Å²) in [5, 5.41) is 5.87. The second-order valence-corrected chi connectivity index (χ2v) is 5.05. The number of amides is 1. The molecule has 9 heteroatoms. The van der Waals surface area contributed by atoms with Crippen molar-refractivity contribution in [3.05, 3.63) is 23.9 Å². The number of nitrogens with zero attached hydrogens (tertiary/aromatic N) is 1. The molecular formula is C14H18F3N3O3. The summed E-state index contributed by atoms with van der Waals surface area (Å²) in [4.78, 5) is 15.7. The molecule has 0 spiro atoms. The van der Waals surface area contributed by atoms with E-state index in [1.807, 2.05) is 0 Å². The third-order valence-electron chi connectivity index (χ3n) is 3.09. The lowest BCUT2D eigenvalue weighted by molar-refractivity contribution is -0.154. The van der Waals surface area contributed by atoms with Crippen LogP contribution in [0.4, 0.5) is 13.2 Å². The van der Waals surface area contributed by atoms with Gasteiger partial charge in [0.05, 0.1) is 6.10 Å². The summed E-state index contributed by atoms with van der Waals surface area (Å²) >= 11 is 0. The summed E-state index contributed by atoms with van der Waals surface area (Å²) < 4.78 is 46.4. The van der Waals surface area contributed by atoms with E-state index in [1.165, 1.54) is 18.3 Å². The first-order chi connectivity index (χ1) is 10.9. The largest absolute Gasteiger partial charge is 0.468 e. The van der Waals surface area contributed by atoms with E-state index in [9.17, 15) is 18.0 Å². The van der Waals surface area contributed by atoms with Gasteiger partial charge in [-0.2, -0.15) is 13.2 Å². The fraction of sp³-hybridized carbons (Fsp3) is 0.571. The van der Waals surface area contributed by atoms with Crippen molar-refractivity contribution in [3.8, 4) is 5.88 Å². The molecule has 6 nitrogen and oxygen atoms in total. The summed E-state index contributed by atoms with van der Waals surface area (Å²) in [6.45, 7) is 0.989. The van der Waals surface area contributed by atoms with Crippen molar-refractivity contribution in [2.45, 2.75) is 18.7 Å². The van der Waals surface area contributed by atoms with Crippen LogP contribution in [0.2, 0.25) is 0 Å². The van der Waals surface area contributed by atoms with Crippen molar-refractivity contribution >= 4 is 5.91 Å². The molecule has 1 fully saturated rings. The van der Waals surface area contributed by atoms with Crippen LogP contribution in [-0.4, -0.2) is 56.0 Å². The Bertz CT molecular complexity index is 517. The van der Waals surface area contributed by atoms with Crippen LogP contribution in [0.25, 0.3) is 0 Å². The number of carbonyl (C=O) groups is 1. The zero-order chi connectivity index (χ0) is 16.7. The molecule has 1 atom stereocenters. The van der Waals surface area contributed by atoms with Crippen molar-refractivity contribution in [3.63, 3.8) is 0 Å². The molecule has 23 heavy (non-hydrogen) atoms. The molecule has 0 saturated carbocycles. The standard InChI is InChI=1S/C14H18F3N3O3/c15-14(16,17)9-23-12-6-10(2-4-19-12)13(21)20-8-11-7-18-3-1-5-22-11/h2,4,6,11,18H,1,3,5,7-9H2,(H,20,21). The lowest BCUT2D eigenvalue weighted by Gasteiger charge is -2.15. The Morgan fingerprint density at radius 3 is 3.13 bits per heavy atom. The van der Waals surface area contributed by atoms with Crippen molar-refractivity contribution in [2.24, 2.45) is 0 Å². The van der Waals surface area contributed by atoms with Gasteiger partial charge >= 0.3 is 6.18 Å². The average Bonchev–Trinajstić information content (AvgIpc) is 2.79. The van der Waals surface area contributed by atoms with Gasteiger partial charge in [-0.05, 0) is 19.0 Å². The van der Waals surface area contributed by atoms with Crippen LogP contribution in [0, 0.1) is 0 Å². The Labute approximate surface area is 131 Å². The Morgan fingerprint density at radius 1 is 1.52 bits per heavy atom. The van der Waals surface area contributed by atoms with Gasteiger partial charge in [0, 0.05) is 37.5 Å². The maximum Gasteiger partial charge on any atom is 0.422 e. The maximum atomic E-state index is 12.1. The smallest absolute Gasteiger partial charge is 0.422 e. The SMILES string of the molecule is O=C(NCC1CNCCCO1)c1ccnc(OCC(F)(F)F)c1. The van der Waals surface area contributed by atoms with Crippen molar-refractivity contribution < 1.29 is 27.4 Å². The number of rotatable bonds is 5. The van der Waals surface area contributed by atoms with Crippen molar-refractivity contribution in [1.29, 1.82) is 0 Å². The van der Waals surface area contributed by atoms with Crippen LogP contribution in [0.5, 0.6) is 5.88 Å². The summed E-state index contributed by atoms with van der Waals surface area (Å²) in [5.74, 6) is -0.667. The number of pyridine rings is 1. The second-order valence-electron chi connectivity index (χ2n) is 5.05. The van der Waals surface area contributed by atoms with Gasteiger partial charge in [0.15, 0.2) is 6.61 Å². The lowest BCUT2D eigenvalue weighted by atomic mass is 10.2. The molecule has 128 valence electrons. The van der Waals surface area contributed by atoms with E-state index in [0.29, 0.717) is 19.7 Å². The topological polar surface area (TPSA) is 72.5 Å². The number of hydrogen-bond acceptors (Lipinski definition) is 5. The first-order valence-corrected chi connectivity index (χ1v) is 7.20. The minimum atomic E-state index is -4.45. The van der Waals surface area contributed by atoms with Gasteiger partial charge in [-0.3, -0.25) is 4.79 Å². The van der Waals surface area contributed by atoms with Gasteiger partial charge in [0.2, 0.25) is 5.88 Å². The molecule has 0 aromatic carbocycles. The predicted octanol–water partition coefficient (Wildman–Crippen LogP) is 1.13. The number of ether oxygens (including phenoxy) is 2. The molecule has 2 N–H and O–H groups in total. The quantitative estimate of drug-likeness (QED) is 0.845. The number of halogens is 3. The monoisotopic (exact) mass is 333 g/mol. The molecule has 1 aliphatic rings. The number of aromatic nitrogens is 1. The van der Waals surface area contributed by atoms with Crippen molar-refractivity contribution in [2.75, 3.05) is 32.8 Å². The third-order valence-corrected chi connectivity index (χ3v) is 3.09. The highest BCUT2D eigenvalue weighted by molar-refractivity contribution is 5.94. The molecule has 1 aromatic heterocycles. The molecule has 1 aromatic rings. The van der Waals surface area contributed by atoms with Crippen LogP contribution >= 0.6 is 0 Å². The molecular weight excluding hydrogens is 315 g/mol. The molecule has 0 bridgehead atoms. The average molecular weight is 333 g/mol. The van der Waals surface area contributed by atoms with Crippen LogP contribution in [-0.2, 0) is 4.74 Å². The summed E-state index contributed by atoms with van der Waals surface area (Å²) in [6, 6.07) is 2.58. The van der Waals surface area contributed by atoms with E-state index in [2.05, 4.69) is 20.4 Å². The Balaban J connectivity index is 1.86. The Hall–Kier alpha value is -1.87. The van der Waals surface area contributed by atoms with Gasteiger partial charge in [-0.15, -0.1) is 0 Å². The zero-order valence-electron chi connectivity index (χ0n) is 12.4. The first kappa shape index (κ1) is 17.5. The molecule has 2 rings (SSSR count). The first-order valence-electron chi connectivity index (χ1n) is 7.20. The van der Waals surface area contributed by atoms with E-state index < -0.39 is 18.7 Å². The van der Waals surface area contributed by atoms with Gasteiger partial charge < -0.3 is 20.1 Å². The molecule has 1 saturated heterocycles. The van der Waals surface area contributed by atoms with E-state index in [1.54, 1.807) is 0 Å². The number of alkyl halides is 3. The minimum absolute atomic E-state index is 0.135. The Kier molecular flexibility index (Phi) is 6.17. The van der Waals surface area contributed by atoms with E-state index in [-0.39, 0.29) is 17.5 Å². The third kappa shape index (κ3) is 6.41. The zero-order valence-corrected chi connectivity index (χ0v) is 12.4. The molecule has 1 aliphatic heterocycles. The molecule has 2 heterocycles. The highest BCUT2D eigenvalue weighted by Gasteiger charge is 2.28. The highest BCUT2D eigenvalue weighted by atomic mass is 19.4. The molecule has 1 amide bonds. The highest BCUT2D eigenvalue weighted by Crippen LogP contribution is 2.17. The van der Waals surface area contributed by atoms with Crippen LogP contribution in [0.3, 0.4) is 0 Å². The van der Waals surface area contributed by atoms with E-state index in [4.69, 9.17) is 4.74 Å². The minimum Gasteiger partial charge on any atom is -0.468 e. The summed E-state index contributed by atoms with van der Waals surface area (Å²) in [6.07, 6.45) is -2.45. The summed E-state index contributed by atoms with van der Waals surface area (Å²) in [7, 11) is 0. The van der Waals surface area contributed by atoms with Crippen molar-refractivity contribution in [1.82, 2.24) is 15.6 Å². The van der Waals surface area contributed by atoms with Gasteiger partial charge in [-0.1, -0.05) is 0 Å². The molecule has 0 radical (unpaired) electrons. The lowest BCUT2D eigenvalue weighted by Crippen LogP contribution is -2.38. The maximum absolute atomic E-state index is 12.1. The van der Waals surface area contributed by atoms with Gasteiger partial charge in [-0.25, -0.2) is 4.98 Å². The Morgan fingerprint density at radius 2 is 2.35 bits per heavy atom. The van der Waals surface area contributed by atoms with Gasteiger partial charge in [0.1, 0.15) is 0 Å². The van der Waals surface area contributed by atoms with Crippen LogP contribution in [0.1, 0.15) is 16.8 Å². The normalized spacial score (nSPS) is 19.0. The van der Waals surface area contributed by atoms with Crippen LogP contribution in [0.15, 0.2) is 18.3 Å². The van der Waals surface area contributed by atoms with Gasteiger partial charge in [0.25, 0.3) is 5.91 Å². The van der Waals surface area contributed by atoms with Crippen LogP contribution < -0.4 is 15.4 Å². The number of hydrogen-bond donors (Lipinski definition) is 2. The predicted molar refractivity (Wildman–Crippen MR) is 75.3 cm³/mol. The number of nitrogens with one attached hydrogen (secondary N) is 2. The second kappa shape index (κ2) is 8.11. The molecule has 1 unspecified atom stereocenters. The fourth-order valence-electron chi connectivity index (χ4n) is 1.99. The fourth-order valence-corrected chi connectivity index (χ4v) is 1.99. The molecule has 0 aliphatic carbocycles. The number of carbonyl (C=O) groups excluding carboxylic acids is 1. The van der Waals surface area contributed by atoms with E-state index >= 15 is 0 Å². The van der Waals surface area contributed by atoms with E-state index in [0.717, 1.165) is 13.0 Å².